The minimum absolute atomic E-state index is 0.0719. The summed E-state index contributed by atoms with van der Waals surface area (Å²) in [5.74, 6) is -2.09. The summed E-state index contributed by atoms with van der Waals surface area (Å²) < 4.78 is 0. The van der Waals surface area contributed by atoms with Crippen LogP contribution in [0.3, 0.4) is 0 Å². The van der Waals surface area contributed by atoms with Gasteiger partial charge in [0.25, 0.3) is 5.91 Å². The Morgan fingerprint density at radius 3 is 2.47 bits per heavy atom. The average molecular weight is 462 g/mol. The van der Waals surface area contributed by atoms with E-state index in [0.29, 0.717) is 0 Å². The fourth-order valence-electron chi connectivity index (χ4n) is 3.82. The molecule has 32 heavy (non-hydrogen) atoms. The molecular weight excluding hydrogens is 434 g/mol. The van der Waals surface area contributed by atoms with Crippen molar-refractivity contribution < 1.29 is 29.7 Å². The molecule has 1 fully saturated rings. The molecule has 3 amide bonds. The van der Waals surface area contributed by atoms with Crippen LogP contribution in [0.4, 0.5) is 0 Å². The number of aliphatic hydroxyl groups excluding tert-OH is 2. The molecule has 1 aromatic carbocycles. The summed E-state index contributed by atoms with van der Waals surface area (Å²) in [6.45, 7) is 0. The molecule has 1 aliphatic rings. The van der Waals surface area contributed by atoms with Crippen LogP contribution < -0.4 is 16.4 Å². The normalized spacial score (nSPS) is 26.2. The van der Waals surface area contributed by atoms with Gasteiger partial charge in [-0.2, -0.15) is 0 Å². The van der Waals surface area contributed by atoms with Crippen molar-refractivity contribution in [1.82, 2.24) is 10.6 Å². The van der Waals surface area contributed by atoms with Crippen molar-refractivity contribution in [2.75, 3.05) is 0 Å². The number of hydrogen-bond donors (Lipinski definition) is 6. The van der Waals surface area contributed by atoms with E-state index in [0.717, 1.165) is 10.4 Å². The van der Waals surface area contributed by atoms with E-state index in [9.17, 15) is 29.7 Å². The third-order valence-corrected chi connectivity index (χ3v) is 6.40. The van der Waals surface area contributed by atoms with E-state index in [4.69, 9.17) is 5.73 Å². The molecule has 1 heterocycles. The van der Waals surface area contributed by atoms with Crippen LogP contribution in [0.25, 0.3) is 0 Å². The van der Waals surface area contributed by atoms with Gasteiger partial charge in [0.2, 0.25) is 11.8 Å². The van der Waals surface area contributed by atoms with Gasteiger partial charge in [0.15, 0.2) is 0 Å². The Hall–Kier alpha value is -2.79. The van der Waals surface area contributed by atoms with Gasteiger partial charge in [0.1, 0.15) is 17.7 Å². The highest BCUT2D eigenvalue weighted by molar-refractivity contribution is 7.10. The van der Waals surface area contributed by atoms with Crippen molar-refractivity contribution in [2.24, 2.45) is 5.73 Å². The molecule has 5 atom stereocenters. The summed E-state index contributed by atoms with van der Waals surface area (Å²) in [4.78, 5) is 37.9. The lowest BCUT2D eigenvalue weighted by atomic mass is 9.77. The number of rotatable bonds is 8. The number of thiophene rings is 1. The fraction of sp³-hybridized carbons (Fsp3) is 0.409. The molecule has 172 valence electrons. The number of nitrogens with one attached hydrogen (secondary N) is 2. The van der Waals surface area contributed by atoms with Gasteiger partial charge in [-0.25, -0.2) is 0 Å². The van der Waals surface area contributed by atoms with Crippen LogP contribution in [0.5, 0.6) is 0 Å². The number of nitrogens with two attached hydrogens (primary N) is 1. The Labute approximate surface area is 189 Å². The summed E-state index contributed by atoms with van der Waals surface area (Å²) in [5, 5.41) is 38.4. The van der Waals surface area contributed by atoms with E-state index in [2.05, 4.69) is 10.6 Å². The molecule has 2 aromatic rings. The monoisotopic (exact) mass is 461 g/mol. The average Bonchev–Trinajstić information content (AvgIpc) is 3.24. The van der Waals surface area contributed by atoms with Crippen LogP contribution in [0.2, 0.25) is 0 Å². The van der Waals surface area contributed by atoms with Gasteiger partial charge in [-0.1, -0.05) is 36.4 Å². The summed E-state index contributed by atoms with van der Waals surface area (Å²) in [5.41, 5.74) is 4.09. The lowest BCUT2D eigenvalue weighted by Crippen LogP contribution is -2.64. The van der Waals surface area contributed by atoms with E-state index in [1.54, 1.807) is 36.4 Å². The Kier molecular flexibility index (Phi) is 7.62. The van der Waals surface area contributed by atoms with Gasteiger partial charge in [-0.05, 0) is 17.0 Å². The Bertz CT molecular complexity index is 938. The number of aliphatic hydroxyl groups is 3. The van der Waals surface area contributed by atoms with Gasteiger partial charge >= 0.3 is 0 Å². The largest absolute Gasteiger partial charge is 0.390 e. The third kappa shape index (κ3) is 5.92. The summed E-state index contributed by atoms with van der Waals surface area (Å²) in [6.07, 6.45) is -3.38. The van der Waals surface area contributed by atoms with Gasteiger partial charge in [0, 0.05) is 24.1 Å². The number of carbonyl (C=O) groups is 3. The highest BCUT2D eigenvalue weighted by Crippen LogP contribution is 2.30. The predicted molar refractivity (Wildman–Crippen MR) is 117 cm³/mol. The first kappa shape index (κ1) is 23.9. The van der Waals surface area contributed by atoms with Crippen molar-refractivity contribution in [1.29, 1.82) is 0 Å². The molecule has 0 aliphatic heterocycles. The molecular formula is C22H27N3O6S. The van der Waals surface area contributed by atoms with E-state index in [1.807, 2.05) is 11.4 Å². The van der Waals surface area contributed by atoms with Gasteiger partial charge in [-0.15, -0.1) is 11.3 Å². The molecule has 7 N–H and O–H groups in total. The van der Waals surface area contributed by atoms with Crippen LogP contribution in [0.15, 0.2) is 47.8 Å². The molecule has 0 bridgehead atoms. The molecule has 0 unspecified atom stereocenters. The van der Waals surface area contributed by atoms with Gasteiger partial charge in [0.05, 0.1) is 18.6 Å². The Morgan fingerprint density at radius 2 is 1.84 bits per heavy atom. The molecule has 10 heteroatoms. The highest BCUT2D eigenvalue weighted by Gasteiger charge is 2.49. The van der Waals surface area contributed by atoms with Crippen LogP contribution in [0.1, 0.15) is 23.3 Å². The number of benzene rings is 1. The number of carbonyl (C=O) groups excluding carboxylic acids is 3. The zero-order valence-electron chi connectivity index (χ0n) is 17.3. The van der Waals surface area contributed by atoms with E-state index < -0.39 is 54.0 Å². The first-order valence-electron chi connectivity index (χ1n) is 10.2. The van der Waals surface area contributed by atoms with Crippen LogP contribution in [-0.2, 0) is 27.2 Å². The Balaban J connectivity index is 1.68. The second-order valence-corrected chi connectivity index (χ2v) is 9.08. The number of amides is 3. The van der Waals surface area contributed by atoms with Crippen molar-refractivity contribution in [3.8, 4) is 0 Å². The second kappa shape index (κ2) is 10.2. The molecule has 0 saturated heterocycles. The first-order chi connectivity index (χ1) is 15.2. The second-order valence-electron chi connectivity index (χ2n) is 8.05. The zero-order valence-corrected chi connectivity index (χ0v) is 18.1. The van der Waals surface area contributed by atoms with Crippen molar-refractivity contribution in [3.05, 3.63) is 58.3 Å². The zero-order chi connectivity index (χ0) is 23.3. The third-order valence-electron chi connectivity index (χ3n) is 5.53. The maximum Gasteiger partial charge on any atom is 0.252 e. The van der Waals surface area contributed by atoms with E-state index >= 15 is 0 Å². The van der Waals surface area contributed by atoms with Gasteiger partial charge < -0.3 is 31.7 Å². The quantitative estimate of drug-likeness (QED) is 0.303. The summed E-state index contributed by atoms with van der Waals surface area (Å²) in [6, 6.07) is 10.4. The lowest BCUT2D eigenvalue weighted by molar-refractivity contribution is -0.160. The van der Waals surface area contributed by atoms with Crippen molar-refractivity contribution in [2.45, 2.75) is 55.6 Å². The highest BCUT2D eigenvalue weighted by atomic mass is 32.1. The molecule has 1 saturated carbocycles. The minimum atomic E-state index is -2.11. The summed E-state index contributed by atoms with van der Waals surface area (Å²) in [7, 11) is 0. The predicted octanol–water partition coefficient (Wildman–Crippen LogP) is -0.765. The lowest BCUT2D eigenvalue weighted by Gasteiger charge is -2.41. The molecule has 0 spiro atoms. The Morgan fingerprint density at radius 1 is 1.12 bits per heavy atom. The topological polar surface area (TPSA) is 162 Å². The van der Waals surface area contributed by atoms with Gasteiger partial charge in [-0.3, -0.25) is 14.4 Å². The maximum atomic E-state index is 12.9. The van der Waals surface area contributed by atoms with Crippen LogP contribution >= 0.6 is 11.3 Å². The van der Waals surface area contributed by atoms with Crippen molar-refractivity contribution in [3.63, 3.8) is 0 Å². The SMILES string of the molecule is NC(=O)[C@@H](Cc1ccccc1)NC(=O)[C@@]1(O)C[C@@H](O)[C@H](O)[C@@H](NC(=O)Cc2cccs2)C1. The number of primary amides is 1. The van der Waals surface area contributed by atoms with E-state index in [1.165, 1.54) is 11.3 Å². The fourth-order valence-corrected chi connectivity index (χ4v) is 4.52. The van der Waals surface area contributed by atoms with E-state index in [-0.39, 0.29) is 19.3 Å². The van der Waals surface area contributed by atoms with Crippen molar-refractivity contribution >= 4 is 29.1 Å². The molecule has 3 rings (SSSR count). The first-order valence-corrected chi connectivity index (χ1v) is 11.1. The molecule has 1 aromatic heterocycles. The number of hydrogen-bond acceptors (Lipinski definition) is 7. The van der Waals surface area contributed by atoms with Crippen LogP contribution in [0, 0.1) is 0 Å². The standard InChI is InChI=1S/C22H27N3O6S/c23-20(29)15(9-13-5-2-1-3-6-13)25-21(30)22(31)11-16(19(28)17(26)12-22)24-18(27)10-14-7-4-8-32-14/h1-8,15-17,19,26,28,31H,9-12H2,(H2,23,29)(H,24,27)(H,25,30)/t15-,16+,17-,19-,22+/m1/s1. The van der Waals surface area contributed by atoms with Crippen LogP contribution in [-0.4, -0.2) is 62.9 Å². The minimum Gasteiger partial charge on any atom is -0.390 e. The smallest absolute Gasteiger partial charge is 0.252 e. The summed E-state index contributed by atoms with van der Waals surface area (Å²) >= 11 is 1.40. The maximum absolute atomic E-state index is 12.9. The molecule has 1 aliphatic carbocycles. The molecule has 0 radical (unpaired) electrons. The molecule has 9 nitrogen and oxygen atoms in total.